The van der Waals surface area contributed by atoms with Crippen LogP contribution < -0.4 is 10.2 Å². The fourth-order valence-corrected chi connectivity index (χ4v) is 4.55. The van der Waals surface area contributed by atoms with Crippen LogP contribution in [0.1, 0.15) is 37.7 Å². The van der Waals surface area contributed by atoms with Crippen LogP contribution in [0, 0.1) is 11.7 Å². The molecule has 2 saturated heterocycles. The number of likely N-dealkylation sites (tertiary alicyclic amines) is 1. The zero-order valence-corrected chi connectivity index (χ0v) is 17.9. The molecular weight excluding hydrogens is 393 g/mol. The fraction of sp³-hybridized carbons (Fsp3) is 0.440. The van der Waals surface area contributed by atoms with Gasteiger partial charge in [0.15, 0.2) is 0 Å². The lowest BCUT2D eigenvalue weighted by molar-refractivity contribution is -0.133. The highest BCUT2D eigenvalue weighted by molar-refractivity contribution is 5.96. The number of rotatable bonds is 5. The lowest BCUT2D eigenvalue weighted by Crippen LogP contribution is -2.44. The Morgan fingerprint density at radius 1 is 0.968 bits per heavy atom. The lowest BCUT2D eigenvalue weighted by atomic mass is 9.96. The molecule has 0 spiro atoms. The first-order valence-corrected chi connectivity index (χ1v) is 11.3. The Labute approximate surface area is 183 Å². The molecule has 0 aromatic heterocycles. The molecule has 2 aromatic carbocycles. The van der Waals surface area contributed by atoms with Gasteiger partial charge in [0.05, 0.1) is 23.7 Å². The highest BCUT2D eigenvalue weighted by Gasteiger charge is 2.29. The first kappa shape index (κ1) is 21.3. The minimum Gasteiger partial charge on any atom is -0.370 e. The third-order valence-corrected chi connectivity index (χ3v) is 6.26. The van der Waals surface area contributed by atoms with Crippen LogP contribution in [-0.4, -0.2) is 42.9 Å². The van der Waals surface area contributed by atoms with Crippen molar-refractivity contribution in [3.05, 3.63) is 59.9 Å². The van der Waals surface area contributed by atoms with Crippen molar-refractivity contribution < 1.29 is 14.0 Å². The molecule has 2 heterocycles. The topological polar surface area (TPSA) is 52.7 Å². The SMILES string of the molecule is O=C(Nc1cc(F)ccc1N1CCCCC1)C1CCCN(C(=O)Cc2ccccc2)C1. The molecular formula is C25H30FN3O2. The van der Waals surface area contributed by atoms with Crippen LogP contribution in [0.3, 0.4) is 0 Å². The Kier molecular flexibility index (Phi) is 6.85. The summed E-state index contributed by atoms with van der Waals surface area (Å²) in [5, 5.41) is 2.97. The second-order valence-corrected chi connectivity index (χ2v) is 8.54. The fourth-order valence-electron chi connectivity index (χ4n) is 4.55. The number of carbonyl (C=O) groups is 2. The van der Waals surface area contributed by atoms with E-state index >= 15 is 0 Å². The van der Waals surface area contributed by atoms with Gasteiger partial charge in [0, 0.05) is 26.2 Å². The van der Waals surface area contributed by atoms with Crippen LogP contribution in [0.2, 0.25) is 0 Å². The molecule has 2 aliphatic rings. The van der Waals surface area contributed by atoms with Gasteiger partial charge in [-0.2, -0.15) is 0 Å². The number of anilines is 2. The van der Waals surface area contributed by atoms with Crippen LogP contribution in [0.5, 0.6) is 0 Å². The normalized spacial score (nSPS) is 19.2. The molecule has 1 atom stereocenters. The number of halogens is 1. The maximum absolute atomic E-state index is 14.0. The maximum atomic E-state index is 14.0. The van der Waals surface area contributed by atoms with Gasteiger partial charge < -0.3 is 15.1 Å². The molecule has 5 nitrogen and oxygen atoms in total. The maximum Gasteiger partial charge on any atom is 0.229 e. The summed E-state index contributed by atoms with van der Waals surface area (Å²) in [7, 11) is 0. The van der Waals surface area contributed by atoms with Crippen molar-refractivity contribution in [2.75, 3.05) is 36.4 Å². The zero-order chi connectivity index (χ0) is 21.6. The Morgan fingerprint density at radius 3 is 2.52 bits per heavy atom. The molecule has 0 bridgehead atoms. The number of hydrogen-bond donors (Lipinski definition) is 1. The Balaban J connectivity index is 1.41. The van der Waals surface area contributed by atoms with Crippen molar-refractivity contribution in [2.24, 2.45) is 5.92 Å². The van der Waals surface area contributed by atoms with E-state index in [1.165, 1.54) is 18.6 Å². The molecule has 2 amide bonds. The van der Waals surface area contributed by atoms with Gasteiger partial charge in [-0.3, -0.25) is 9.59 Å². The first-order valence-electron chi connectivity index (χ1n) is 11.3. The Hall–Kier alpha value is -2.89. The highest BCUT2D eigenvalue weighted by Crippen LogP contribution is 2.30. The number of amides is 2. The number of carbonyl (C=O) groups excluding carboxylic acids is 2. The van der Waals surface area contributed by atoms with E-state index in [1.807, 2.05) is 30.3 Å². The van der Waals surface area contributed by atoms with Gasteiger partial charge in [0.2, 0.25) is 11.8 Å². The van der Waals surface area contributed by atoms with Crippen molar-refractivity contribution in [1.29, 1.82) is 0 Å². The Morgan fingerprint density at radius 2 is 1.74 bits per heavy atom. The van der Waals surface area contributed by atoms with Gasteiger partial charge in [-0.25, -0.2) is 4.39 Å². The van der Waals surface area contributed by atoms with Gasteiger partial charge in [-0.15, -0.1) is 0 Å². The van der Waals surface area contributed by atoms with Crippen LogP contribution in [0.15, 0.2) is 48.5 Å². The molecule has 1 unspecified atom stereocenters. The smallest absolute Gasteiger partial charge is 0.229 e. The summed E-state index contributed by atoms with van der Waals surface area (Å²) in [6.45, 7) is 2.92. The van der Waals surface area contributed by atoms with E-state index in [1.54, 1.807) is 11.0 Å². The number of benzene rings is 2. The van der Waals surface area contributed by atoms with E-state index in [9.17, 15) is 14.0 Å². The lowest BCUT2D eigenvalue weighted by Gasteiger charge is -2.33. The van der Waals surface area contributed by atoms with Crippen LogP contribution >= 0.6 is 0 Å². The van der Waals surface area contributed by atoms with E-state index in [0.717, 1.165) is 50.0 Å². The predicted octanol–water partition coefficient (Wildman–Crippen LogP) is 4.24. The second-order valence-electron chi connectivity index (χ2n) is 8.54. The first-order chi connectivity index (χ1) is 15.1. The minimum absolute atomic E-state index is 0.0449. The van der Waals surface area contributed by atoms with Gasteiger partial charge in [0.1, 0.15) is 5.82 Å². The number of hydrogen-bond acceptors (Lipinski definition) is 3. The molecule has 2 aromatic rings. The van der Waals surface area contributed by atoms with E-state index in [0.29, 0.717) is 25.2 Å². The van der Waals surface area contributed by atoms with Gasteiger partial charge in [0.25, 0.3) is 0 Å². The van der Waals surface area contributed by atoms with Crippen molar-refractivity contribution in [1.82, 2.24) is 4.90 Å². The summed E-state index contributed by atoms with van der Waals surface area (Å²) >= 11 is 0. The average molecular weight is 424 g/mol. The molecule has 2 aliphatic heterocycles. The molecule has 6 heteroatoms. The minimum atomic E-state index is -0.362. The summed E-state index contributed by atoms with van der Waals surface area (Å²) in [6.07, 6.45) is 5.28. The van der Waals surface area contributed by atoms with E-state index in [4.69, 9.17) is 0 Å². The molecule has 1 N–H and O–H groups in total. The summed E-state index contributed by atoms with van der Waals surface area (Å²) in [5.41, 5.74) is 2.38. The summed E-state index contributed by atoms with van der Waals surface area (Å²) in [4.78, 5) is 29.8. The van der Waals surface area contributed by atoms with Crippen LogP contribution in [0.25, 0.3) is 0 Å². The molecule has 0 saturated carbocycles. The molecule has 0 radical (unpaired) electrons. The third kappa shape index (κ3) is 5.43. The summed E-state index contributed by atoms with van der Waals surface area (Å²) in [6, 6.07) is 14.3. The molecule has 0 aliphatic carbocycles. The molecule has 2 fully saturated rings. The van der Waals surface area contributed by atoms with Crippen LogP contribution in [0.4, 0.5) is 15.8 Å². The quantitative estimate of drug-likeness (QED) is 0.783. The molecule has 164 valence electrons. The molecule has 4 rings (SSSR count). The second kappa shape index (κ2) is 9.94. The van der Waals surface area contributed by atoms with E-state index in [2.05, 4.69) is 10.2 Å². The van der Waals surface area contributed by atoms with Gasteiger partial charge in [-0.1, -0.05) is 30.3 Å². The monoisotopic (exact) mass is 423 g/mol. The standard InChI is InChI=1S/C25H30FN3O2/c26-21-11-12-23(28-13-5-2-6-14-28)22(17-21)27-25(31)20-10-7-15-29(18-20)24(30)16-19-8-3-1-4-9-19/h1,3-4,8-9,11-12,17,20H,2,5-7,10,13-16,18H2,(H,27,31). The van der Waals surface area contributed by atoms with Gasteiger partial charge >= 0.3 is 0 Å². The van der Waals surface area contributed by atoms with Crippen molar-refractivity contribution in [3.63, 3.8) is 0 Å². The van der Waals surface area contributed by atoms with E-state index in [-0.39, 0.29) is 23.5 Å². The molecule has 31 heavy (non-hydrogen) atoms. The summed E-state index contributed by atoms with van der Waals surface area (Å²) in [5.74, 6) is -0.741. The van der Waals surface area contributed by atoms with Crippen LogP contribution in [-0.2, 0) is 16.0 Å². The largest absolute Gasteiger partial charge is 0.370 e. The van der Waals surface area contributed by atoms with Gasteiger partial charge in [-0.05, 0) is 55.9 Å². The van der Waals surface area contributed by atoms with Crippen molar-refractivity contribution in [2.45, 2.75) is 38.5 Å². The average Bonchev–Trinajstić information content (AvgIpc) is 2.80. The third-order valence-electron chi connectivity index (χ3n) is 6.26. The number of nitrogens with one attached hydrogen (secondary N) is 1. The Bertz CT molecular complexity index is 912. The van der Waals surface area contributed by atoms with Crippen molar-refractivity contribution in [3.8, 4) is 0 Å². The predicted molar refractivity (Wildman–Crippen MR) is 121 cm³/mol. The zero-order valence-electron chi connectivity index (χ0n) is 17.9. The number of piperidine rings is 2. The van der Waals surface area contributed by atoms with E-state index < -0.39 is 0 Å². The summed E-state index contributed by atoms with van der Waals surface area (Å²) < 4.78 is 14.0. The van der Waals surface area contributed by atoms with Crippen molar-refractivity contribution >= 4 is 23.2 Å². The number of nitrogens with zero attached hydrogens (tertiary/aromatic N) is 2. The highest BCUT2D eigenvalue weighted by atomic mass is 19.1.